The minimum absolute atomic E-state index is 0. The Kier molecular flexibility index (Phi) is 7.02. The third-order valence-corrected chi connectivity index (χ3v) is 6.14. The topological polar surface area (TPSA) is 112 Å². The fraction of sp³-hybridized carbons (Fsp3) is 0.269. The Morgan fingerprint density at radius 1 is 1.00 bits per heavy atom. The van der Waals surface area contributed by atoms with Crippen molar-refractivity contribution in [1.29, 1.82) is 0 Å². The number of halogens is 1. The van der Waals surface area contributed by atoms with E-state index in [0.29, 0.717) is 23.0 Å². The number of piperidine rings is 1. The van der Waals surface area contributed by atoms with E-state index in [0.717, 1.165) is 59.5 Å². The molecule has 1 aliphatic heterocycles. The van der Waals surface area contributed by atoms with Gasteiger partial charge in [-0.1, -0.05) is 0 Å². The van der Waals surface area contributed by atoms with Crippen LogP contribution in [0.1, 0.15) is 18.4 Å². The molecule has 0 saturated carbocycles. The molecule has 0 radical (unpaired) electrons. The van der Waals surface area contributed by atoms with Crippen molar-refractivity contribution in [2.24, 2.45) is 7.05 Å². The number of hydrogen-bond acceptors (Lipinski definition) is 9. The first-order chi connectivity index (χ1) is 17.6. The summed E-state index contributed by atoms with van der Waals surface area (Å²) in [5, 5.41) is 11.1. The van der Waals surface area contributed by atoms with Crippen molar-refractivity contribution < 1.29 is 9.47 Å². The molecule has 1 saturated heterocycles. The minimum atomic E-state index is 0. The highest BCUT2D eigenvalue weighted by Gasteiger charge is 2.16. The van der Waals surface area contributed by atoms with Gasteiger partial charge in [-0.05, 0) is 62.7 Å². The zero-order valence-electron chi connectivity index (χ0n) is 20.5. The lowest BCUT2D eigenvalue weighted by Crippen LogP contribution is -2.34. The number of nitrogens with one attached hydrogen (secondary N) is 2. The third-order valence-electron chi connectivity index (χ3n) is 6.14. The van der Waals surface area contributed by atoms with Crippen LogP contribution in [0.5, 0.6) is 17.4 Å². The van der Waals surface area contributed by atoms with E-state index >= 15 is 0 Å². The molecule has 1 fully saturated rings. The molecule has 1 aliphatic rings. The molecular weight excluding hydrogens is 492 g/mol. The van der Waals surface area contributed by atoms with Gasteiger partial charge in [0.25, 0.3) is 0 Å². The van der Waals surface area contributed by atoms with Gasteiger partial charge < -0.3 is 20.1 Å². The maximum absolute atomic E-state index is 6.13. The number of hydrogen-bond donors (Lipinski definition) is 2. The molecule has 0 aliphatic carbocycles. The van der Waals surface area contributed by atoms with Gasteiger partial charge in [0.05, 0.1) is 17.9 Å². The van der Waals surface area contributed by atoms with Gasteiger partial charge in [-0.3, -0.25) is 4.68 Å². The van der Waals surface area contributed by atoms with Gasteiger partial charge in [-0.25, -0.2) is 19.9 Å². The molecule has 6 rings (SSSR count). The monoisotopic (exact) mass is 518 g/mol. The number of nitrogens with zero attached hydrogens (tertiary/aromatic N) is 6. The lowest BCUT2D eigenvalue weighted by molar-refractivity contribution is 0.156. The molecule has 0 atom stereocenters. The van der Waals surface area contributed by atoms with E-state index < -0.39 is 0 Å². The summed E-state index contributed by atoms with van der Waals surface area (Å²) in [6.45, 7) is 3.91. The van der Waals surface area contributed by atoms with Crippen molar-refractivity contribution in [3.8, 4) is 17.4 Å². The Morgan fingerprint density at radius 2 is 1.86 bits per heavy atom. The standard InChI is InChI=1S/C26H26N8O2.ClH/c1-16-11-17(3-5-23(16)35-19-12-21-22(28-13-19)14-34(2)33-21)31-26-25-20(29-15-30-26)4-6-24(32-25)36-18-7-9-27-10-8-18;/h3-6,11-15,18,27H,7-10H2,1-2H3,(H,29,30,31);1H. The molecule has 5 aromatic rings. The van der Waals surface area contributed by atoms with Gasteiger partial charge >= 0.3 is 0 Å². The van der Waals surface area contributed by atoms with Crippen LogP contribution < -0.4 is 20.1 Å². The normalized spacial score (nSPS) is 13.9. The highest BCUT2D eigenvalue weighted by atomic mass is 35.5. The fourth-order valence-electron chi connectivity index (χ4n) is 4.33. The number of aryl methyl sites for hydroxylation is 2. The van der Waals surface area contributed by atoms with Gasteiger partial charge in [0.1, 0.15) is 40.5 Å². The summed E-state index contributed by atoms with van der Waals surface area (Å²) in [7, 11) is 1.87. The largest absolute Gasteiger partial charge is 0.474 e. The van der Waals surface area contributed by atoms with E-state index in [2.05, 4.69) is 30.7 Å². The summed E-state index contributed by atoms with van der Waals surface area (Å²) in [6.07, 6.45) is 7.22. The van der Waals surface area contributed by atoms with E-state index in [9.17, 15) is 0 Å². The first-order valence-corrected chi connectivity index (χ1v) is 11.9. The Bertz CT molecular complexity index is 1550. The van der Waals surface area contributed by atoms with Crippen LogP contribution >= 0.6 is 12.4 Å². The SMILES string of the molecule is Cc1cc(Nc2ncnc3ccc(OC4CCNCC4)nc23)ccc1Oc1cnc2cn(C)nc2c1.Cl. The quantitative estimate of drug-likeness (QED) is 0.330. The van der Waals surface area contributed by atoms with E-state index in [-0.39, 0.29) is 18.5 Å². The molecule has 10 nitrogen and oxygen atoms in total. The maximum atomic E-state index is 6.13. The van der Waals surface area contributed by atoms with Crippen LogP contribution in [0.3, 0.4) is 0 Å². The highest BCUT2D eigenvalue weighted by Crippen LogP contribution is 2.30. The average molecular weight is 519 g/mol. The second-order valence-corrected chi connectivity index (χ2v) is 8.89. The zero-order valence-corrected chi connectivity index (χ0v) is 21.3. The van der Waals surface area contributed by atoms with Crippen molar-refractivity contribution in [2.75, 3.05) is 18.4 Å². The summed E-state index contributed by atoms with van der Waals surface area (Å²) in [5.74, 6) is 2.58. The Hall–Kier alpha value is -4.02. The molecular formula is C26H27ClN8O2. The predicted octanol–water partition coefficient (Wildman–Crippen LogP) is 4.70. The first kappa shape index (κ1) is 24.7. The van der Waals surface area contributed by atoms with Crippen LogP contribution in [-0.4, -0.2) is 48.9 Å². The molecule has 0 amide bonds. The number of anilines is 2. The lowest BCUT2D eigenvalue weighted by Gasteiger charge is -2.23. The molecule has 4 aromatic heterocycles. The van der Waals surface area contributed by atoms with Gasteiger partial charge in [-0.2, -0.15) is 5.10 Å². The second kappa shape index (κ2) is 10.5. The number of fused-ring (bicyclic) bond motifs is 2. The number of ether oxygens (including phenoxy) is 2. The molecule has 0 spiro atoms. The van der Waals surface area contributed by atoms with Crippen molar-refractivity contribution in [3.05, 3.63) is 60.7 Å². The van der Waals surface area contributed by atoms with Crippen LogP contribution in [0.15, 0.2) is 55.1 Å². The number of aromatic nitrogens is 6. The molecule has 0 bridgehead atoms. The molecule has 2 N–H and O–H groups in total. The average Bonchev–Trinajstić information content (AvgIpc) is 3.26. The van der Waals surface area contributed by atoms with Gasteiger partial charge in [0.15, 0.2) is 5.82 Å². The summed E-state index contributed by atoms with van der Waals surface area (Å²) in [4.78, 5) is 17.9. The van der Waals surface area contributed by atoms with E-state index in [1.807, 2.05) is 56.6 Å². The summed E-state index contributed by atoms with van der Waals surface area (Å²) < 4.78 is 14.0. The Balaban J connectivity index is 0.00000280. The first-order valence-electron chi connectivity index (χ1n) is 11.9. The number of pyridine rings is 2. The smallest absolute Gasteiger partial charge is 0.214 e. The molecule has 5 heterocycles. The second-order valence-electron chi connectivity index (χ2n) is 8.89. The Labute approximate surface area is 219 Å². The van der Waals surface area contributed by atoms with Gasteiger partial charge in [0.2, 0.25) is 5.88 Å². The van der Waals surface area contributed by atoms with E-state index in [1.165, 1.54) is 6.33 Å². The van der Waals surface area contributed by atoms with Crippen molar-refractivity contribution >= 4 is 46.0 Å². The van der Waals surface area contributed by atoms with Crippen LogP contribution in [-0.2, 0) is 7.05 Å². The summed E-state index contributed by atoms with van der Waals surface area (Å²) in [6, 6.07) is 11.5. The molecule has 0 unspecified atom stereocenters. The van der Waals surface area contributed by atoms with E-state index in [4.69, 9.17) is 14.5 Å². The highest BCUT2D eigenvalue weighted by molar-refractivity contribution is 5.87. The lowest BCUT2D eigenvalue weighted by atomic mass is 10.1. The summed E-state index contributed by atoms with van der Waals surface area (Å²) >= 11 is 0. The fourth-order valence-corrected chi connectivity index (χ4v) is 4.33. The van der Waals surface area contributed by atoms with Crippen molar-refractivity contribution in [3.63, 3.8) is 0 Å². The maximum Gasteiger partial charge on any atom is 0.214 e. The number of benzene rings is 1. The predicted molar refractivity (Wildman–Crippen MR) is 144 cm³/mol. The van der Waals surface area contributed by atoms with Crippen molar-refractivity contribution in [1.82, 2.24) is 35.0 Å². The van der Waals surface area contributed by atoms with Gasteiger partial charge in [0, 0.05) is 24.9 Å². The zero-order chi connectivity index (χ0) is 24.5. The van der Waals surface area contributed by atoms with Crippen LogP contribution in [0, 0.1) is 6.92 Å². The third kappa shape index (κ3) is 5.40. The van der Waals surface area contributed by atoms with Crippen molar-refractivity contribution in [2.45, 2.75) is 25.9 Å². The molecule has 190 valence electrons. The van der Waals surface area contributed by atoms with Crippen LogP contribution in [0.4, 0.5) is 11.5 Å². The minimum Gasteiger partial charge on any atom is -0.474 e. The van der Waals surface area contributed by atoms with Crippen LogP contribution in [0.2, 0.25) is 0 Å². The van der Waals surface area contributed by atoms with Crippen LogP contribution in [0.25, 0.3) is 22.1 Å². The van der Waals surface area contributed by atoms with E-state index in [1.54, 1.807) is 10.9 Å². The summed E-state index contributed by atoms with van der Waals surface area (Å²) in [5.41, 5.74) is 4.86. The molecule has 1 aromatic carbocycles. The molecule has 37 heavy (non-hydrogen) atoms. The Morgan fingerprint density at radius 3 is 2.70 bits per heavy atom. The van der Waals surface area contributed by atoms with Gasteiger partial charge in [-0.15, -0.1) is 12.4 Å². The number of rotatable bonds is 6. The molecule has 11 heteroatoms.